The third-order valence-corrected chi connectivity index (χ3v) is 9.21. The van der Waals surface area contributed by atoms with Crippen molar-refractivity contribution in [3.63, 3.8) is 0 Å². The smallest absolute Gasteiger partial charge is 0.264 e. The molecular formula is C32H29ClFN3O4S. The van der Waals surface area contributed by atoms with Crippen molar-refractivity contribution < 1.29 is 22.4 Å². The van der Waals surface area contributed by atoms with Crippen LogP contribution in [0.15, 0.2) is 108 Å². The fraction of sp³-hybridized carbons (Fsp3) is 0.188. The van der Waals surface area contributed by atoms with E-state index < -0.39 is 21.7 Å². The van der Waals surface area contributed by atoms with Crippen LogP contribution in [-0.2, 0) is 16.6 Å². The Hall–Kier alpha value is -4.21. The molecule has 42 heavy (non-hydrogen) atoms. The number of halogens is 2. The second-order valence-electron chi connectivity index (χ2n) is 10.0. The molecule has 7 nitrogen and oxygen atoms in total. The normalized spacial score (nSPS) is 13.9. The standard InChI is InChI=1S/C32H29ClFN3O4S/c33-25-13-15-27(16-14-25)37(22-23-7-2-1-3-8-23)42(40,41)28-10-6-9-24(21-28)31(38)35-26-17-19-36(20-18-26)32(39)29-11-4-5-12-30(29)34/h1-16,21,26H,17-20,22H2,(H,35,38). The number of carbonyl (C=O) groups is 2. The van der Waals surface area contributed by atoms with Gasteiger partial charge in [-0.3, -0.25) is 13.9 Å². The van der Waals surface area contributed by atoms with Crippen molar-refractivity contribution >= 4 is 39.1 Å². The number of anilines is 1. The van der Waals surface area contributed by atoms with E-state index in [9.17, 15) is 22.4 Å². The maximum absolute atomic E-state index is 14.1. The van der Waals surface area contributed by atoms with E-state index in [0.29, 0.717) is 36.6 Å². The van der Waals surface area contributed by atoms with Gasteiger partial charge in [0.1, 0.15) is 5.82 Å². The molecular weight excluding hydrogens is 577 g/mol. The molecule has 0 spiro atoms. The molecule has 4 aromatic carbocycles. The summed E-state index contributed by atoms with van der Waals surface area (Å²) in [5.41, 5.74) is 1.47. The van der Waals surface area contributed by atoms with Gasteiger partial charge in [0.25, 0.3) is 21.8 Å². The second kappa shape index (κ2) is 12.8. The number of nitrogens with one attached hydrogen (secondary N) is 1. The monoisotopic (exact) mass is 605 g/mol. The largest absolute Gasteiger partial charge is 0.349 e. The van der Waals surface area contributed by atoms with Crippen molar-refractivity contribution in [2.45, 2.75) is 30.3 Å². The first-order valence-electron chi connectivity index (χ1n) is 13.5. The number of benzene rings is 4. The molecule has 0 unspecified atom stereocenters. The van der Waals surface area contributed by atoms with Crippen LogP contribution in [0.3, 0.4) is 0 Å². The van der Waals surface area contributed by atoms with E-state index >= 15 is 0 Å². The van der Waals surface area contributed by atoms with Gasteiger partial charge in [-0.25, -0.2) is 12.8 Å². The molecule has 4 aromatic rings. The second-order valence-corrected chi connectivity index (χ2v) is 12.3. The number of amides is 2. The zero-order valence-electron chi connectivity index (χ0n) is 22.6. The van der Waals surface area contributed by atoms with E-state index in [1.54, 1.807) is 47.4 Å². The molecule has 0 atom stereocenters. The average Bonchev–Trinajstić information content (AvgIpc) is 3.01. The van der Waals surface area contributed by atoms with Gasteiger partial charge >= 0.3 is 0 Å². The molecule has 1 saturated heterocycles. The van der Waals surface area contributed by atoms with Crippen molar-refractivity contribution in [3.8, 4) is 0 Å². The minimum Gasteiger partial charge on any atom is -0.349 e. The quantitative estimate of drug-likeness (QED) is 0.271. The maximum atomic E-state index is 14.1. The molecule has 10 heteroatoms. The lowest BCUT2D eigenvalue weighted by molar-refractivity contribution is 0.0693. The van der Waals surface area contributed by atoms with E-state index in [4.69, 9.17) is 11.6 Å². The predicted molar refractivity (Wildman–Crippen MR) is 160 cm³/mol. The summed E-state index contributed by atoms with van der Waals surface area (Å²) in [6.45, 7) is 0.815. The zero-order valence-corrected chi connectivity index (χ0v) is 24.2. The number of nitrogens with zero attached hydrogens (tertiary/aromatic N) is 2. The van der Waals surface area contributed by atoms with Crippen LogP contribution >= 0.6 is 11.6 Å². The van der Waals surface area contributed by atoms with Crippen LogP contribution in [0.25, 0.3) is 0 Å². The molecule has 1 aliphatic heterocycles. The highest BCUT2D eigenvalue weighted by Crippen LogP contribution is 2.28. The first kappa shape index (κ1) is 29.3. The summed E-state index contributed by atoms with van der Waals surface area (Å²) in [4.78, 5) is 27.5. The van der Waals surface area contributed by atoms with Crippen LogP contribution in [-0.4, -0.2) is 44.3 Å². The minimum absolute atomic E-state index is 0.0219. The van der Waals surface area contributed by atoms with Crippen LogP contribution < -0.4 is 9.62 Å². The van der Waals surface area contributed by atoms with Crippen molar-refractivity contribution in [3.05, 3.63) is 131 Å². The SMILES string of the molecule is O=C(NC1CCN(C(=O)c2ccccc2F)CC1)c1cccc(S(=O)(=O)N(Cc2ccccc2)c2ccc(Cl)cc2)c1. The minimum atomic E-state index is -4.07. The highest BCUT2D eigenvalue weighted by atomic mass is 35.5. The molecule has 216 valence electrons. The van der Waals surface area contributed by atoms with E-state index in [1.807, 2.05) is 30.3 Å². The van der Waals surface area contributed by atoms with Crippen LogP contribution in [0.5, 0.6) is 0 Å². The fourth-order valence-electron chi connectivity index (χ4n) is 4.90. The Morgan fingerprint density at radius 1 is 0.881 bits per heavy atom. The first-order valence-corrected chi connectivity index (χ1v) is 15.3. The zero-order chi connectivity index (χ0) is 29.7. The van der Waals surface area contributed by atoms with Crippen molar-refractivity contribution in [2.24, 2.45) is 0 Å². The molecule has 0 radical (unpaired) electrons. The number of piperidine rings is 1. The lowest BCUT2D eigenvalue weighted by atomic mass is 10.0. The van der Waals surface area contributed by atoms with Gasteiger partial charge in [-0.1, -0.05) is 60.1 Å². The van der Waals surface area contributed by atoms with Crippen LogP contribution in [0.4, 0.5) is 10.1 Å². The summed E-state index contributed by atoms with van der Waals surface area (Å²) in [7, 11) is -4.07. The molecule has 1 aliphatic rings. The molecule has 0 aromatic heterocycles. The third kappa shape index (κ3) is 6.64. The Kier molecular flexibility index (Phi) is 8.89. The number of carbonyl (C=O) groups excluding carboxylic acids is 2. The van der Waals surface area contributed by atoms with E-state index in [-0.39, 0.29) is 34.5 Å². The number of hydrogen-bond donors (Lipinski definition) is 1. The van der Waals surface area contributed by atoms with Gasteiger partial charge in [-0.15, -0.1) is 0 Å². The molecule has 1 heterocycles. The van der Waals surface area contributed by atoms with Crippen molar-refractivity contribution in [1.82, 2.24) is 10.2 Å². The summed E-state index contributed by atoms with van der Waals surface area (Å²) in [6, 6.07) is 27.4. The van der Waals surface area contributed by atoms with Gasteiger partial charge < -0.3 is 10.2 Å². The molecule has 0 bridgehead atoms. The van der Waals surface area contributed by atoms with Gasteiger partial charge in [0.15, 0.2) is 0 Å². The lowest BCUT2D eigenvalue weighted by Crippen LogP contribution is -2.46. The van der Waals surface area contributed by atoms with E-state index in [0.717, 1.165) is 5.56 Å². The third-order valence-electron chi connectivity index (χ3n) is 7.19. The van der Waals surface area contributed by atoms with Gasteiger partial charge in [0.05, 0.1) is 22.7 Å². The first-order chi connectivity index (χ1) is 20.2. The van der Waals surface area contributed by atoms with Crippen molar-refractivity contribution in [1.29, 1.82) is 0 Å². The lowest BCUT2D eigenvalue weighted by Gasteiger charge is -2.32. The molecule has 0 saturated carbocycles. The van der Waals surface area contributed by atoms with E-state index in [1.165, 1.54) is 34.6 Å². The molecule has 0 aliphatic carbocycles. The number of likely N-dealkylation sites (tertiary alicyclic amines) is 1. The summed E-state index contributed by atoms with van der Waals surface area (Å²) in [5.74, 6) is -1.35. The Bertz CT molecular complexity index is 1680. The fourth-order valence-corrected chi connectivity index (χ4v) is 6.52. The Labute approximate surface area is 249 Å². The van der Waals surface area contributed by atoms with Gasteiger partial charge in [-0.2, -0.15) is 0 Å². The summed E-state index contributed by atoms with van der Waals surface area (Å²) < 4.78 is 43.2. The Morgan fingerprint density at radius 3 is 2.24 bits per heavy atom. The summed E-state index contributed by atoms with van der Waals surface area (Å²) in [6.07, 6.45) is 0.983. The molecule has 5 rings (SSSR count). The van der Waals surface area contributed by atoms with Gasteiger partial charge in [0, 0.05) is 29.7 Å². The molecule has 1 fully saturated rings. The van der Waals surface area contributed by atoms with E-state index in [2.05, 4.69) is 5.32 Å². The highest BCUT2D eigenvalue weighted by molar-refractivity contribution is 7.92. The van der Waals surface area contributed by atoms with Crippen LogP contribution in [0, 0.1) is 5.82 Å². The Morgan fingerprint density at radius 2 is 1.55 bits per heavy atom. The summed E-state index contributed by atoms with van der Waals surface area (Å²) in [5, 5.41) is 3.44. The van der Waals surface area contributed by atoms with Crippen LogP contribution in [0.1, 0.15) is 39.1 Å². The number of rotatable bonds is 8. The number of sulfonamides is 1. The summed E-state index contributed by atoms with van der Waals surface area (Å²) >= 11 is 6.05. The topological polar surface area (TPSA) is 86.8 Å². The molecule has 2 amide bonds. The molecule has 1 N–H and O–H groups in total. The highest BCUT2D eigenvalue weighted by Gasteiger charge is 2.28. The number of hydrogen-bond acceptors (Lipinski definition) is 4. The Balaban J connectivity index is 1.30. The van der Waals surface area contributed by atoms with Crippen molar-refractivity contribution in [2.75, 3.05) is 17.4 Å². The predicted octanol–water partition coefficient (Wildman–Crippen LogP) is 5.91. The van der Waals surface area contributed by atoms with Gasteiger partial charge in [0.2, 0.25) is 0 Å². The average molecular weight is 606 g/mol. The maximum Gasteiger partial charge on any atom is 0.264 e. The van der Waals surface area contributed by atoms with Gasteiger partial charge in [-0.05, 0) is 73.0 Å². The van der Waals surface area contributed by atoms with Crippen LogP contribution in [0.2, 0.25) is 5.02 Å².